The van der Waals surface area contributed by atoms with Gasteiger partial charge in [0.05, 0.1) is 0 Å². The van der Waals surface area contributed by atoms with Crippen LogP contribution in [0.3, 0.4) is 0 Å². The molecule has 0 saturated carbocycles. The molecule has 1 unspecified atom stereocenters. The summed E-state index contributed by atoms with van der Waals surface area (Å²) in [7, 11) is 0. The number of benzene rings is 2. The van der Waals surface area contributed by atoms with Crippen LogP contribution in [0.5, 0.6) is 0 Å². The van der Waals surface area contributed by atoms with Crippen LogP contribution in [0.1, 0.15) is 34.3 Å². The van der Waals surface area contributed by atoms with Gasteiger partial charge in [-0.05, 0) is 43.5 Å². The maximum atomic E-state index is 14.2. The van der Waals surface area contributed by atoms with Gasteiger partial charge in [0.2, 0.25) is 11.8 Å². The minimum Gasteiger partial charge on any atom is -0.343 e. The minimum absolute atomic E-state index is 0.0226. The summed E-state index contributed by atoms with van der Waals surface area (Å²) in [6.07, 6.45) is -3.91. The first-order valence-corrected chi connectivity index (χ1v) is 9.87. The maximum Gasteiger partial charge on any atom is 0.405 e. The molecule has 1 aliphatic heterocycles. The van der Waals surface area contributed by atoms with Crippen molar-refractivity contribution in [2.75, 3.05) is 17.2 Å². The largest absolute Gasteiger partial charge is 0.405 e. The van der Waals surface area contributed by atoms with E-state index in [-0.39, 0.29) is 35.6 Å². The first kappa shape index (κ1) is 23.2. The lowest BCUT2D eigenvalue weighted by molar-refractivity contribution is -0.123. The van der Waals surface area contributed by atoms with E-state index in [0.717, 1.165) is 23.4 Å². The van der Waals surface area contributed by atoms with Crippen molar-refractivity contribution in [1.29, 1.82) is 0 Å². The van der Waals surface area contributed by atoms with Crippen LogP contribution in [0.25, 0.3) is 0 Å². The number of halogens is 4. The van der Waals surface area contributed by atoms with E-state index in [2.05, 4.69) is 10.6 Å². The molecule has 2 aromatic carbocycles. The highest BCUT2D eigenvalue weighted by atomic mass is 19.4. The van der Waals surface area contributed by atoms with Gasteiger partial charge in [0, 0.05) is 34.8 Å². The van der Waals surface area contributed by atoms with Crippen molar-refractivity contribution in [2.24, 2.45) is 5.92 Å². The first-order valence-electron chi connectivity index (χ1n) is 9.87. The number of fused-ring (bicyclic) bond motifs is 1. The van der Waals surface area contributed by atoms with Crippen molar-refractivity contribution in [3.63, 3.8) is 0 Å². The fourth-order valence-corrected chi connectivity index (χ4v) is 3.39. The number of hydrogen-bond acceptors (Lipinski definition) is 3. The second kappa shape index (κ2) is 9.37. The lowest BCUT2D eigenvalue weighted by Crippen LogP contribution is -2.33. The standard InChI is InChI=1S/C22H21F4N3O3/c1-12-16(23)9-15(20(31)27-11-22(24,25)26)10-18(12)28-19(30)7-6-14-8-13-4-2-3-5-17(13)29-21(14)32/h2-5,9-10,14H,6-8,11H2,1H3,(H,27,31)(H,28,30)(H,29,32). The molecule has 0 bridgehead atoms. The predicted molar refractivity (Wildman–Crippen MR) is 110 cm³/mol. The summed E-state index contributed by atoms with van der Waals surface area (Å²) in [5.74, 6) is -3.07. The van der Waals surface area contributed by atoms with E-state index >= 15 is 0 Å². The van der Waals surface area contributed by atoms with Gasteiger partial charge in [0.15, 0.2) is 0 Å². The van der Waals surface area contributed by atoms with Crippen molar-refractivity contribution >= 4 is 29.1 Å². The van der Waals surface area contributed by atoms with E-state index < -0.39 is 36.3 Å². The van der Waals surface area contributed by atoms with Crippen molar-refractivity contribution in [1.82, 2.24) is 5.32 Å². The van der Waals surface area contributed by atoms with Gasteiger partial charge in [0.25, 0.3) is 5.91 Å². The summed E-state index contributed by atoms with van der Waals surface area (Å²) >= 11 is 0. The van der Waals surface area contributed by atoms with Crippen molar-refractivity contribution in [3.8, 4) is 0 Å². The van der Waals surface area contributed by atoms with Gasteiger partial charge in [-0.1, -0.05) is 18.2 Å². The zero-order valence-corrected chi connectivity index (χ0v) is 17.1. The third-order valence-electron chi connectivity index (χ3n) is 5.16. The third kappa shape index (κ3) is 5.83. The van der Waals surface area contributed by atoms with Gasteiger partial charge in [-0.3, -0.25) is 14.4 Å². The summed E-state index contributed by atoms with van der Waals surface area (Å²) in [4.78, 5) is 36.6. The van der Waals surface area contributed by atoms with E-state index in [4.69, 9.17) is 0 Å². The Balaban J connectivity index is 1.63. The van der Waals surface area contributed by atoms with Gasteiger partial charge in [-0.15, -0.1) is 0 Å². The number of alkyl halides is 3. The molecule has 6 nitrogen and oxygen atoms in total. The van der Waals surface area contributed by atoms with Gasteiger partial charge >= 0.3 is 6.18 Å². The molecule has 32 heavy (non-hydrogen) atoms. The Bertz CT molecular complexity index is 1050. The molecule has 170 valence electrons. The van der Waals surface area contributed by atoms with Gasteiger partial charge in [-0.25, -0.2) is 4.39 Å². The molecular weight excluding hydrogens is 430 g/mol. The Kier molecular flexibility index (Phi) is 6.81. The fraction of sp³-hybridized carbons (Fsp3) is 0.318. The second-order valence-electron chi connectivity index (χ2n) is 7.56. The quantitative estimate of drug-likeness (QED) is 0.581. The highest BCUT2D eigenvalue weighted by molar-refractivity contribution is 5.98. The van der Waals surface area contributed by atoms with Crippen molar-refractivity contribution < 1.29 is 31.9 Å². The van der Waals surface area contributed by atoms with Crippen LogP contribution in [0.2, 0.25) is 0 Å². The zero-order chi connectivity index (χ0) is 23.5. The normalized spacial score (nSPS) is 15.5. The molecule has 0 radical (unpaired) electrons. The highest BCUT2D eigenvalue weighted by Gasteiger charge is 2.29. The number of anilines is 2. The van der Waals surface area contributed by atoms with E-state index in [1.165, 1.54) is 6.92 Å². The molecule has 3 N–H and O–H groups in total. The predicted octanol–water partition coefficient (Wildman–Crippen LogP) is 3.96. The second-order valence-corrected chi connectivity index (χ2v) is 7.56. The first-order chi connectivity index (χ1) is 15.0. The van der Waals surface area contributed by atoms with Crippen LogP contribution >= 0.6 is 0 Å². The molecule has 1 heterocycles. The lowest BCUT2D eigenvalue weighted by Gasteiger charge is -2.24. The summed E-state index contributed by atoms with van der Waals surface area (Å²) in [5.41, 5.74) is 1.37. The van der Waals surface area contributed by atoms with E-state index in [0.29, 0.717) is 6.42 Å². The average Bonchev–Trinajstić information content (AvgIpc) is 2.73. The Morgan fingerprint density at radius 3 is 2.62 bits per heavy atom. The number of nitrogens with one attached hydrogen (secondary N) is 3. The zero-order valence-electron chi connectivity index (χ0n) is 17.1. The van der Waals surface area contributed by atoms with Crippen LogP contribution in [-0.2, 0) is 16.0 Å². The molecule has 1 aliphatic rings. The van der Waals surface area contributed by atoms with Gasteiger partial charge in [0.1, 0.15) is 12.4 Å². The summed E-state index contributed by atoms with van der Waals surface area (Å²) < 4.78 is 51.1. The molecule has 0 spiro atoms. The SMILES string of the molecule is Cc1c(F)cc(C(=O)NCC(F)(F)F)cc1NC(=O)CCC1Cc2ccccc2NC1=O. The van der Waals surface area contributed by atoms with Crippen LogP contribution < -0.4 is 16.0 Å². The number of rotatable bonds is 6. The monoisotopic (exact) mass is 451 g/mol. The molecule has 1 atom stereocenters. The van der Waals surface area contributed by atoms with Gasteiger partial charge in [-0.2, -0.15) is 13.2 Å². The minimum atomic E-state index is -4.61. The Morgan fingerprint density at radius 2 is 1.91 bits per heavy atom. The number of hydrogen-bond donors (Lipinski definition) is 3. The molecule has 10 heteroatoms. The number of carbonyl (C=O) groups excluding carboxylic acids is 3. The van der Waals surface area contributed by atoms with Crippen molar-refractivity contribution in [3.05, 3.63) is 58.9 Å². The van der Waals surface area contributed by atoms with Crippen LogP contribution in [0.15, 0.2) is 36.4 Å². The lowest BCUT2D eigenvalue weighted by atomic mass is 9.89. The Labute approximate surface area is 181 Å². The third-order valence-corrected chi connectivity index (χ3v) is 5.16. The molecular formula is C22H21F4N3O3. The van der Waals surface area contributed by atoms with Crippen LogP contribution in [-0.4, -0.2) is 30.4 Å². The Hall–Kier alpha value is -3.43. The van der Waals surface area contributed by atoms with Gasteiger partial charge < -0.3 is 16.0 Å². The highest BCUT2D eigenvalue weighted by Crippen LogP contribution is 2.28. The molecule has 0 saturated heterocycles. The summed E-state index contributed by atoms with van der Waals surface area (Å²) in [6, 6.07) is 9.28. The summed E-state index contributed by atoms with van der Waals surface area (Å²) in [6.45, 7) is -0.191. The summed E-state index contributed by atoms with van der Waals surface area (Å²) in [5, 5.41) is 6.94. The molecule has 0 fully saturated rings. The van der Waals surface area contributed by atoms with Crippen molar-refractivity contribution in [2.45, 2.75) is 32.4 Å². The number of carbonyl (C=O) groups is 3. The topological polar surface area (TPSA) is 87.3 Å². The number of amides is 3. The molecule has 0 aliphatic carbocycles. The Morgan fingerprint density at radius 1 is 1.19 bits per heavy atom. The molecule has 3 rings (SSSR count). The smallest absolute Gasteiger partial charge is 0.343 e. The fourth-order valence-electron chi connectivity index (χ4n) is 3.39. The van der Waals surface area contributed by atoms with E-state index in [1.54, 1.807) is 11.4 Å². The number of para-hydroxylation sites is 1. The van der Waals surface area contributed by atoms with Crippen LogP contribution in [0, 0.1) is 18.7 Å². The molecule has 2 aromatic rings. The van der Waals surface area contributed by atoms with Crippen LogP contribution in [0.4, 0.5) is 28.9 Å². The van der Waals surface area contributed by atoms with E-state index in [9.17, 15) is 31.9 Å². The molecule has 3 amide bonds. The van der Waals surface area contributed by atoms with E-state index in [1.807, 2.05) is 18.2 Å². The molecule has 0 aromatic heterocycles. The average molecular weight is 451 g/mol. The maximum absolute atomic E-state index is 14.2.